The molecule has 15 heteroatoms. The first-order valence-electron chi connectivity index (χ1n) is 13.4. The third kappa shape index (κ3) is 6.31. The Morgan fingerprint density at radius 2 is 1.91 bits per heavy atom. The molecule has 0 radical (unpaired) electrons. The number of rotatable bonds is 8. The fourth-order valence-corrected chi connectivity index (χ4v) is 6.19. The zero-order valence-electron chi connectivity index (χ0n) is 23.1. The number of Topliss-reactive ketones (excluding diaryl/α,β-unsaturated/α-hetero) is 1. The molecule has 43 heavy (non-hydrogen) atoms. The van der Waals surface area contributed by atoms with Gasteiger partial charge in [-0.1, -0.05) is 23.7 Å². The average Bonchev–Trinajstić information content (AvgIpc) is 3.42. The summed E-state index contributed by atoms with van der Waals surface area (Å²) >= 11 is 6.32. The summed E-state index contributed by atoms with van der Waals surface area (Å²) in [6, 6.07) is 7.13. The second-order valence-corrected chi connectivity index (χ2v) is 12.1. The summed E-state index contributed by atoms with van der Waals surface area (Å²) in [6.45, 7) is 3.89. The first kappa shape index (κ1) is 30.3. The average molecular weight is 632 g/mol. The molecule has 1 fully saturated rings. The van der Waals surface area contributed by atoms with E-state index in [1.54, 1.807) is 19.1 Å². The van der Waals surface area contributed by atoms with Crippen LogP contribution >= 0.6 is 11.6 Å². The van der Waals surface area contributed by atoms with Gasteiger partial charge >= 0.3 is 6.03 Å². The summed E-state index contributed by atoms with van der Waals surface area (Å²) in [5, 5.41) is 12.8. The maximum absolute atomic E-state index is 14.2. The van der Waals surface area contributed by atoms with E-state index in [1.165, 1.54) is 31.3 Å². The number of amides is 2. The standard InChI is InChI=1S/C28H28ClF2N7O4S/c1-3-32-28(40)37-43(41,42)24-14-35-38-26(36-22-10-15(2)21(31)12-20(22)29)19(13-34-27(24)38)25(39)23-11-17(8-9-33-23)16-4-6-18(30)7-5-16/h4-7,10,12-14,17,23,33,36H,3,8-9,11H2,1-2H3,(H2,32,37,40). The smallest absolute Gasteiger partial charge is 0.328 e. The number of fused-ring (bicyclic) bond motifs is 1. The quantitative estimate of drug-likeness (QED) is 0.209. The van der Waals surface area contributed by atoms with E-state index in [9.17, 15) is 26.8 Å². The predicted molar refractivity (Wildman–Crippen MR) is 156 cm³/mol. The van der Waals surface area contributed by atoms with E-state index in [-0.39, 0.29) is 57.4 Å². The van der Waals surface area contributed by atoms with E-state index in [2.05, 4.69) is 26.0 Å². The van der Waals surface area contributed by atoms with Crippen molar-refractivity contribution in [2.75, 3.05) is 18.4 Å². The Hall–Kier alpha value is -4.14. The Balaban J connectivity index is 1.57. The molecule has 4 N–H and O–H groups in total. The number of carbonyl (C=O) groups is 2. The highest BCUT2D eigenvalue weighted by molar-refractivity contribution is 7.90. The maximum atomic E-state index is 14.2. The molecule has 11 nitrogen and oxygen atoms in total. The van der Waals surface area contributed by atoms with E-state index in [0.29, 0.717) is 13.0 Å². The Kier molecular flexibility index (Phi) is 8.62. The van der Waals surface area contributed by atoms with Crippen LogP contribution in [-0.2, 0) is 10.0 Å². The van der Waals surface area contributed by atoms with Gasteiger partial charge in [-0.05, 0) is 74.5 Å². The van der Waals surface area contributed by atoms with Crippen molar-refractivity contribution < 1.29 is 26.8 Å². The lowest BCUT2D eigenvalue weighted by molar-refractivity contribution is 0.0921. The molecule has 2 aromatic heterocycles. The first-order chi connectivity index (χ1) is 20.5. The van der Waals surface area contributed by atoms with Crippen molar-refractivity contribution in [1.29, 1.82) is 0 Å². The Bertz CT molecular complexity index is 1820. The van der Waals surface area contributed by atoms with Crippen LogP contribution in [-0.4, -0.2) is 54.0 Å². The summed E-state index contributed by atoms with van der Waals surface area (Å²) in [4.78, 5) is 29.8. The summed E-state index contributed by atoms with van der Waals surface area (Å²) in [5.74, 6) is -1.22. The van der Waals surface area contributed by atoms with Gasteiger partial charge in [-0.25, -0.2) is 31.7 Å². The highest BCUT2D eigenvalue weighted by atomic mass is 35.5. The number of benzene rings is 2. The molecule has 226 valence electrons. The summed E-state index contributed by atoms with van der Waals surface area (Å²) in [5.41, 5.74) is 1.31. The number of carbonyl (C=O) groups excluding carboxylic acids is 2. The molecule has 0 spiro atoms. The molecule has 1 aliphatic rings. The number of halogens is 3. The molecule has 4 aromatic rings. The van der Waals surface area contributed by atoms with Crippen LogP contribution in [0.4, 0.5) is 25.1 Å². The molecule has 5 rings (SSSR count). The highest BCUT2D eigenvalue weighted by Crippen LogP contribution is 2.33. The summed E-state index contributed by atoms with van der Waals surface area (Å²) in [6.07, 6.45) is 3.37. The van der Waals surface area contributed by atoms with Crippen LogP contribution in [0.2, 0.25) is 5.02 Å². The van der Waals surface area contributed by atoms with Gasteiger partial charge in [0.2, 0.25) is 0 Å². The molecule has 0 bridgehead atoms. The van der Waals surface area contributed by atoms with Gasteiger partial charge in [0.1, 0.15) is 17.5 Å². The molecule has 2 aromatic carbocycles. The lowest BCUT2D eigenvalue weighted by atomic mass is 9.84. The number of hydrogen-bond donors (Lipinski definition) is 4. The number of urea groups is 1. The van der Waals surface area contributed by atoms with Crippen molar-refractivity contribution in [2.24, 2.45) is 0 Å². The van der Waals surface area contributed by atoms with Crippen LogP contribution in [0, 0.1) is 18.6 Å². The topological polar surface area (TPSA) is 147 Å². The molecular formula is C28H28ClF2N7O4S. The van der Waals surface area contributed by atoms with Gasteiger partial charge in [0.15, 0.2) is 16.3 Å². The molecule has 2 amide bonds. The third-order valence-corrected chi connectivity index (χ3v) is 8.81. The minimum atomic E-state index is -4.40. The van der Waals surface area contributed by atoms with Crippen LogP contribution in [0.3, 0.4) is 0 Å². The normalized spacial score (nSPS) is 17.0. The van der Waals surface area contributed by atoms with Crippen LogP contribution < -0.4 is 20.7 Å². The molecule has 1 aliphatic heterocycles. The van der Waals surface area contributed by atoms with Crippen molar-refractivity contribution in [3.05, 3.63) is 82.1 Å². The van der Waals surface area contributed by atoms with Gasteiger partial charge in [-0.15, -0.1) is 0 Å². The maximum Gasteiger partial charge on any atom is 0.328 e. The zero-order chi connectivity index (χ0) is 30.9. The van der Waals surface area contributed by atoms with Crippen LogP contribution in [0.5, 0.6) is 0 Å². The van der Waals surface area contributed by atoms with Gasteiger partial charge in [-0.2, -0.15) is 9.61 Å². The predicted octanol–water partition coefficient (Wildman–Crippen LogP) is 4.44. The number of anilines is 2. The fraction of sp³-hybridized carbons (Fsp3) is 0.286. The second-order valence-electron chi connectivity index (χ2n) is 10.1. The lowest BCUT2D eigenvalue weighted by Crippen LogP contribution is -2.43. The van der Waals surface area contributed by atoms with Gasteiger partial charge in [0.05, 0.1) is 28.5 Å². The van der Waals surface area contributed by atoms with Crippen LogP contribution in [0.25, 0.3) is 5.65 Å². The Morgan fingerprint density at radius 3 is 2.63 bits per heavy atom. The summed E-state index contributed by atoms with van der Waals surface area (Å²) in [7, 11) is -4.40. The molecule has 0 saturated carbocycles. The third-order valence-electron chi connectivity index (χ3n) is 7.18. The number of aromatic nitrogens is 3. The minimum absolute atomic E-state index is 0.0107. The Labute approximate surface area is 251 Å². The molecule has 1 saturated heterocycles. The number of nitrogens with zero attached hydrogens (tertiary/aromatic N) is 3. The molecular weight excluding hydrogens is 604 g/mol. The number of ketones is 1. The largest absolute Gasteiger partial charge is 0.338 e. The van der Waals surface area contributed by atoms with Gasteiger partial charge in [-0.3, -0.25) is 4.79 Å². The minimum Gasteiger partial charge on any atom is -0.338 e. The van der Waals surface area contributed by atoms with Crippen molar-refractivity contribution in [3.8, 4) is 0 Å². The number of hydrogen-bond acceptors (Lipinski definition) is 8. The highest BCUT2D eigenvalue weighted by Gasteiger charge is 2.32. The van der Waals surface area contributed by atoms with E-state index >= 15 is 0 Å². The van der Waals surface area contributed by atoms with Gasteiger partial charge < -0.3 is 16.0 Å². The van der Waals surface area contributed by atoms with Gasteiger partial charge in [0.25, 0.3) is 10.0 Å². The molecule has 2 unspecified atom stereocenters. The number of piperidine rings is 1. The molecule has 0 aliphatic carbocycles. The first-order valence-corrected chi connectivity index (χ1v) is 15.3. The fourth-order valence-electron chi connectivity index (χ4n) is 5.00. The van der Waals surface area contributed by atoms with Crippen molar-refractivity contribution in [2.45, 2.75) is 43.5 Å². The second kappa shape index (κ2) is 12.2. The van der Waals surface area contributed by atoms with E-state index < -0.39 is 32.8 Å². The number of sulfonamides is 1. The van der Waals surface area contributed by atoms with Crippen molar-refractivity contribution >= 4 is 50.6 Å². The van der Waals surface area contributed by atoms with E-state index in [4.69, 9.17) is 11.6 Å². The van der Waals surface area contributed by atoms with Crippen molar-refractivity contribution in [1.82, 2.24) is 30.0 Å². The summed E-state index contributed by atoms with van der Waals surface area (Å²) < 4.78 is 56.7. The molecule has 3 heterocycles. The zero-order valence-corrected chi connectivity index (χ0v) is 24.7. The monoisotopic (exact) mass is 631 g/mol. The van der Waals surface area contributed by atoms with E-state index in [0.717, 1.165) is 28.8 Å². The van der Waals surface area contributed by atoms with Crippen LogP contribution in [0.1, 0.15) is 47.2 Å². The molecule has 2 atom stereocenters. The number of aryl methyl sites for hydroxylation is 1. The lowest BCUT2D eigenvalue weighted by Gasteiger charge is -2.30. The Morgan fingerprint density at radius 1 is 1.16 bits per heavy atom. The van der Waals surface area contributed by atoms with Crippen molar-refractivity contribution in [3.63, 3.8) is 0 Å². The van der Waals surface area contributed by atoms with E-state index in [1.807, 2.05) is 4.72 Å². The SMILES string of the molecule is CCNC(=O)NS(=O)(=O)c1cnn2c(Nc3cc(C)c(F)cc3Cl)c(C(=O)C3CC(c4ccc(F)cc4)CCN3)cnc12. The van der Waals surface area contributed by atoms with Gasteiger partial charge in [0, 0.05) is 12.7 Å². The number of nitrogens with one attached hydrogen (secondary N) is 4. The van der Waals surface area contributed by atoms with Crippen LogP contribution in [0.15, 0.2) is 53.7 Å².